The third-order valence-corrected chi connectivity index (χ3v) is 10.1. The van der Waals surface area contributed by atoms with Gasteiger partial charge in [-0.15, -0.1) is 0 Å². The lowest BCUT2D eigenvalue weighted by molar-refractivity contribution is 0.711. The van der Waals surface area contributed by atoms with E-state index in [9.17, 15) is 0 Å². The highest BCUT2D eigenvalue weighted by Crippen LogP contribution is 2.47. The van der Waals surface area contributed by atoms with E-state index in [0.29, 0.717) is 5.04 Å². The van der Waals surface area contributed by atoms with Crippen LogP contribution in [0.1, 0.15) is 34.6 Å². The molecule has 0 spiro atoms. The summed E-state index contributed by atoms with van der Waals surface area (Å²) in [6.45, 7) is 16.7. The van der Waals surface area contributed by atoms with E-state index >= 15 is 0 Å². The summed E-state index contributed by atoms with van der Waals surface area (Å²) in [4.78, 5) is 0. The highest BCUT2D eigenvalue weighted by atomic mass is 28.3. The van der Waals surface area contributed by atoms with E-state index in [1.54, 1.807) is 0 Å². The van der Waals surface area contributed by atoms with Gasteiger partial charge in [-0.3, -0.25) is 0 Å². The predicted octanol–water partition coefficient (Wildman–Crippen LogP) is 4.77. The Labute approximate surface area is 90.1 Å². The van der Waals surface area contributed by atoms with Crippen LogP contribution in [0.3, 0.4) is 0 Å². The van der Waals surface area contributed by atoms with Crippen molar-refractivity contribution in [2.45, 2.75) is 58.3 Å². The Kier molecular flexibility index (Phi) is 2.83. The standard InChI is InChI=1S/C13H24Si/c1-10-8-12(9-11(10)2)14(6,7)13(3,4)5/h8-9,12H,1-7H3. The lowest BCUT2D eigenvalue weighted by atomic mass is 10.2. The molecule has 1 heteroatoms. The van der Waals surface area contributed by atoms with E-state index in [1.807, 2.05) is 0 Å². The van der Waals surface area contributed by atoms with E-state index in [0.717, 1.165) is 5.54 Å². The normalized spacial score (nSPS) is 19.6. The maximum Gasteiger partial charge on any atom is 0.0641 e. The first-order valence-electron chi connectivity index (χ1n) is 5.53. The molecule has 0 aliphatic heterocycles. The van der Waals surface area contributed by atoms with E-state index < -0.39 is 8.07 Å². The van der Waals surface area contributed by atoms with Gasteiger partial charge in [0.1, 0.15) is 0 Å². The van der Waals surface area contributed by atoms with Gasteiger partial charge < -0.3 is 0 Å². The molecule has 1 rings (SSSR count). The van der Waals surface area contributed by atoms with Crippen molar-refractivity contribution in [3.8, 4) is 0 Å². The van der Waals surface area contributed by atoms with Gasteiger partial charge in [0, 0.05) is 0 Å². The van der Waals surface area contributed by atoms with Gasteiger partial charge in [-0.1, -0.05) is 57.2 Å². The Morgan fingerprint density at radius 2 is 1.36 bits per heavy atom. The summed E-state index contributed by atoms with van der Waals surface area (Å²) in [6, 6.07) is 0. The minimum absolute atomic E-state index is 0.482. The quantitative estimate of drug-likeness (QED) is 0.544. The van der Waals surface area contributed by atoms with Gasteiger partial charge >= 0.3 is 0 Å². The molecule has 0 fully saturated rings. The van der Waals surface area contributed by atoms with Gasteiger partial charge in [0.05, 0.1) is 8.07 Å². The van der Waals surface area contributed by atoms with Gasteiger partial charge in [-0.2, -0.15) is 0 Å². The largest absolute Gasteiger partial charge is 0.0771 e. The van der Waals surface area contributed by atoms with Gasteiger partial charge in [-0.25, -0.2) is 0 Å². The topological polar surface area (TPSA) is 0 Å². The predicted molar refractivity (Wildman–Crippen MR) is 68.5 cm³/mol. The summed E-state index contributed by atoms with van der Waals surface area (Å²) in [5, 5.41) is 0.482. The highest BCUT2D eigenvalue weighted by molar-refractivity contribution is 6.82. The average molecular weight is 208 g/mol. The fraction of sp³-hybridized carbons (Fsp3) is 0.692. The lowest BCUT2D eigenvalue weighted by Gasteiger charge is -2.40. The smallest absolute Gasteiger partial charge is 0.0641 e. The second-order valence-corrected chi connectivity index (χ2v) is 11.8. The molecule has 0 nitrogen and oxygen atoms in total. The molecule has 0 heterocycles. The molecule has 0 aromatic carbocycles. The molecule has 0 unspecified atom stereocenters. The summed E-state index contributed by atoms with van der Waals surface area (Å²) in [5.41, 5.74) is 3.71. The van der Waals surface area contributed by atoms with Crippen LogP contribution in [0.4, 0.5) is 0 Å². The first-order chi connectivity index (χ1) is 6.16. The Morgan fingerprint density at radius 3 is 1.64 bits per heavy atom. The fourth-order valence-electron chi connectivity index (χ4n) is 1.77. The second-order valence-electron chi connectivity index (χ2n) is 6.20. The Hall–Kier alpha value is -0.303. The number of hydrogen-bond donors (Lipinski definition) is 0. The van der Waals surface area contributed by atoms with Crippen molar-refractivity contribution >= 4 is 8.07 Å². The minimum atomic E-state index is -1.21. The zero-order valence-electron chi connectivity index (χ0n) is 10.7. The second kappa shape index (κ2) is 3.37. The molecule has 0 N–H and O–H groups in total. The molecule has 0 amide bonds. The SMILES string of the molecule is CC1=CC([Si](C)(C)C(C)(C)C)C=C1C. The summed E-state index contributed by atoms with van der Waals surface area (Å²) < 4.78 is 0. The number of allylic oxidation sites excluding steroid dienone is 4. The van der Waals surface area contributed by atoms with Crippen LogP contribution in [-0.4, -0.2) is 8.07 Å². The zero-order valence-corrected chi connectivity index (χ0v) is 11.7. The molecule has 0 atom stereocenters. The molecule has 1 aliphatic carbocycles. The maximum atomic E-state index is 2.51. The van der Waals surface area contributed by atoms with Crippen molar-refractivity contribution in [2.75, 3.05) is 0 Å². The summed E-state index contributed by atoms with van der Waals surface area (Å²) in [5.74, 6) is 0. The molecule has 1 aliphatic rings. The van der Waals surface area contributed by atoms with Crippen LogP contribution in [0, 0.1) is 0 Å². The molecule has 80 valence electrons. The monoisotopic (exact) mass is 208 g/mol. The number of rotatable bonds is 1. The first-order valence-corrected chi connectivity index (χ1v) is 8.61. The van der Waals surface area contributed by atoms with Gasteiger partial charge in [0.2, 0.25) is 0 Å². The van der Waals surface area contributed by atoms with Crippen LogP contribution < -0.4 is 0 Å². The Morgan fingerprint density at radius 1 is 1.00 bits per heavy atom. The van der Waals surface area contributed by atoms with E-state index in [1.165, 1.54) is 11.1 Å². The Balaban J connectivity index is 2.99. The van der Waals surface area contributed by atoms with Gasteiger partial charge in [0.25, 0.3) is 0 Å². The van der Waals surface area contributed by atoms with E-state index in [-0.39, 0.29) is 0 Å². The molecule has 0 radical (unpaired) electrons. The van der Waals surface area contributed by atoms with Crippen LogP contribution in [0.15, 0.2) is 23.3 Å². The third-order valence-electron chi connectivity index (χ3n) is 4.25. The average Bonchev–Trinajstić information content (AvgIpc) is 2.30. The third kappa shape index (κ3) is 1.88. The summed E-state index contributed by atoms with van der Waals surface area (Å²) in [6.07, 6.45) is 4.96. The van der Waals surface area contributed by atoms with Gasteiger partial charge in [0.15, 0.2) is 0 Å². The van der Waals surface area contributed by atoms with E-state index in [4.69, 9.17) is 0 Å². The van der Waals surface area contributed by atoms with Crippen molar-refractivity contribution < 1.29 is 0 Å². The van der Waals surface area contributed by atoms with Crippen molar-refractivity contribution in [1.82, 2.24) is 0 Å². The van der Waals surface area contributed by atoms with Crippen molar-refractivity contribution in [1.29, 1.82) is 0 Å². The van der Waals surface area contributed by atoms with Crippen molar-refractivity contribution in [2.24, 2.45) is 0 Å². The highest BCUT2D eigenvalue weighted by Gasteiger charge is 2.41. The fourth-order valence-corrected chi connectivity index (χ4v) is 4.10. The van der Waals surface area contributed by atoms with E-state index in [2.05, 4.69) is 59.9 Å². The summed E-state index contributed by atoms with van der Waals surface area (Å²) >= 11 is 0. The van der Waals surface area contributed by atoms with Gasteiger partial charge in [-0.05, 0) is 24.4 Å². The number of hydrogen-bond acceptors (Lipinski definition) is 0. The molecule has 0 saturated heterocycles. The molecule has 14 heavy (non-hydrogen) atoms. The Bertz CT molecular complexity index is 269. The molecule has 0 aromatic heterocycles. The van der Waals surface area contributed by atoms with Crippen LogP contribution in [0.25, 0.3) is 0 Å². The van der Waals surface area contributed by atoms with Crippen LogP contribution >= 0.6 is 0 Å². The first kappa shape index (κ1) is 11.8. The summed E-state index contributed by atoms with van der Waals surface area (Å²) in [7, 11) is -1.21. The van der Waals surface area contributed by atoms with Crippen LogP contribution in [0.5, 0.6) is 0 Å². The maximum absolute atomic E-state index is 2.51. The van der Waals surface area contributed by atoms with Crippen molar-refractivity contribution in [3.63, 3.8) is 0 Å². The van der Waals surface area contributed by atoms with Crippen molar-refractivity contribution in [3.05, 3.63) is 23.3 Å². The molecular weight excluding hydrogens is 184 g/mol. The molecule has 0 bridgehead atoms. The van der Waals surface area contributed by atoms with Crippen LogP contribution in [-0.2, 0) is 0 Å². The molecule has 0 saturated carbocycles. The van der Waals surface area contributed by atoms with Crippen LogP contribution in [0.2, 0.25) is 23.7 Å². The zero-order chi connectivity index (χ0) is 11.1. The molecule has 0 aromatic rings. The molecular formula is C13H24Si. The lowest BCUT2D eigenvalue weighted by Crippen LogP contribution is -2.40. The minimum Gasteiger partial charge on any atom is -0.0771 e.